The number of carboxylic acid groups (broad SMARTS) is 1. The number of nitrogens with one attached hydrogen (secondary N) is 1. The minimum atomic E-state index is -0.719. The first kappa shape index (κ1) is 11.6. The van der Waals surface area contributed by atoms with E-state index in [1.165, 1.54) is 0 Å². The molecule has 1 heterocycles. The summed E-state index contributed by atoms with van der Waals surface area (Å²) in [5.74, 6) is -0.978. The van der Waals surface area contributed by atoms with Crippen molar-refractivity contribution in [3.63, 3.8) is 0 Å². The van der Waals surface area contributed by atoms with Gasteiger partial charge in [-0.3, -0.25) is 4.79 Å². The largest absolute Gasteiger partial charge is 0.481 e. The highest BCUT2D eigenvalue weighted by molar-refractivity contribution is 9.10. The number of benzene rings is 1. The predicted octanol–water partition coefficient (Wildman–Crippen LogP) is 2.15. The molecule has 0 radical (unpaired) electrons. The molecule has 0 spiro atoms. The molecular weight excluding hydrogens is 270 g/mol. The van der Waals surface area contributed by atoms with Gasteiger partial charge in [0.1, 0.15) is 0 Å². The molecule has 2 N–H and O–H groups in total. The quantitative estimate of drug-likeness (QED) is 0.874. The first-order chi connectivity index (χ1) is 7.59. The standard InChI is InChI=1S/C12H14BrNO2/c1-7-2-3-11(13)8(4-7)9-5-14-6-10(9)12(15)16/h2-4,9-10,14H,5-6H2,1H3,(H,15,16). The summed E-state index contributed by atoms with van der Waals surface area (Å²) in [4.78, 5) is 11.1. The highest BCUT2D eigenvalue weighted by Gasteiger charge is 2.34. The molecule has 0 saturated carbocycles. The van der Waals surface area contributed by atoms with E-state index in [1.54, 1.807) is 0 Å². The highest BCUT2D eigenvalue weighted by Crippen LogP contribution is 2.33. The molecule has 0 amide bonds. The molecule has 0 bridgehead atoms. The number of hydrogen-bond acceptors (Lipinski definition) is 2. The van der Waals surface area contributed by atoms with Crippen LogP contribution in [0, 0.1) is 12.8 Å². The maximum absolute atomic E-state index is 11.1. The van der Waals surface area contributed by atoms with Crippen molar-refractivity contribution < 1.29 is 9.90 Å². The topological polar surface area (TPSA) is 49.3 Å². The summed E-state index contributed by atoms with van der Waals surface area (Å²) in [5.41, 5.74) is 2.26. The van der Waals surface area contributed by atoms with Gasteiger partial charge in [-0.1, -0.05) is 33.6 Å². The van der Waals surface area contributed by atoms with Crippen LogP contribution in [0.25, 0.3) is 0 Å². The van der Waals surface area contributed by atoms with Crippen molar-refractivity contribution in [2.45, 2.75) is 12.8 Å². The molecule has 0 aliphatic carbocycles. The molecule has 1 aliphatic rings. The summed E-state index contributed by atoms with van der Waals surface area (Å²) < 4.78 is 0.998. The van der Waals surface area contributed by atoms with Gasteiger partial charge in [0.15, 0.2) is 0 Å². The zero-order valence-electron chi connectivity index (χ0n) is 9.03. The van der Waals surface area contributed by atoms with Crippen LogP contribution >= 0.6 is 15.9 Å². The maximum Gasteiger partial charge on any atom is 0.308 e. The van der Waals surface area contributed by atoms with Crippen LogP contribution < -0.4 is 5.32 Å². The van der Waals surface area contributed by atoms with Crippen LogP contribution in [0.4, 0.5) is 0 Å². The summed E-state index contributed by atoms with van der Waals surface area (Å²) in [5, 5.41) is 12.3. The Balaban J connectivity index is 2.35. The Morgan fingerprint density at radius 1 is 1.50 bits per heavy atom. The molecule has 2 unspecified atom stereocenters. The molecule has 2 rings (SSSR count). The molecule has 0 aromatic heterocycles. The molecule has 3 nitrogen and oxygen atoms in total. The van der Waals surface area contributed by atoms with Crippen LogP contribution in [0.1, 0.15) is 17.0 Å². The van der Waals surface area contributed by atoms with E-state index in [0.29, 0.717) is 6.54 Å². The molecule has 86 valence electrons. The molecule has 4 heteroatoms. The minimum absolute atomic E-state index is 0.0618. The smallest absolute Gasteiger partial charge is 0.308 e. The Bertz CT molecular complexity index is 419. The second-order valence-corrected chi connectivity index (χ2v) is 5.09. The summed E-state index contributed by atoms with van der Waals surface area (Å²) >= 11 is 3.50. The van der Waals surface area contributed by atoms with Crippen LogP contribution in [0.3, 0.4) is 0 Å². The predicted molar refractivity (Wildman–Crippen MR) is 65.6 cm³/mol. The number of halogens is 1. The van der Waals surface area contributed by atoms with Gasteiger partial charge in [-0.25, -0.2) is 0 Å². The Labute approximate surface area is 103 Å². The first-order valence-electron chi connectivity index (χ1n) is 5.29. The Kier molecular flexibility index (Phi) is 3.30. The van der Waals surface area contributed by atoms with Crippen molar-refractivity contribution in [1.82, 2.24) is 5.32 Å². The normalized spacial score (nSPS) is 24.6. The zero-order chi connectivity index (χ0) is 11.7. The maximum atomic E-state index is 11.1. The van der Waals surface area contributed by atoms with E-state index in [4.69, 9.17) is 5.11 Å². The molecular formula is C12H14BrNO2. The lowest BCUT2D eigenvalue weighted by molar-refractivity contribution is -0.141. The van der Waals surface area contributed by atoms with Gasteiger partial charge in [-0.15, -0.1) is 0 Å². The second-order valence-electron chi connectivity index (χ2n) is 4.23. The fourth-order valence-electron chi connectivity index (χ4n) is 2.21. The number of aliphatic carboxylic acids is 1. The van der Waals surface area contributed by atoms with Crippen molar-refractivity contribution in [2.75, 3.05) is 13.1 Å². The third kappa shape index (κ3) is 2.13. The molecule has 1 aliphatic heterocycles. The summed E-state index contributed by atoms with van der Waals surface area (Å²) in [6, 6.07) is 6.07. The lowest BCUT2D eigenvalue weighted by Gasteiger charge is -2.17. The van der Waals surface area contributed by atoms with Crippen molar-refractivity contribution in [3.05, 3.63) is 33.8 Å². The minimum Gasteiger partial charge on any atom is -0.481 e. The van der Waals surface area contributed by atoms with Crippen LogP contribution in [0.5, 0.6) is 0 Å². The van der Waals surface area contributed by atoms with E-state index in [0.717, 1.165) is 22.1 Å². The van der Waals surface area contributed by atoms with Gasteiger partial charge in [0, 0.05) is 23.5 Å². The van der Waals surface area contributed by atoms with E-state index in [1.807, 2.05) is 19.1 Å². The van der Waals surface area contributed by atoms with Gasteiger partial charge in [0.25, 0.3) is 0 Å². The van der Waals surface area contributed by atoms with Crippen molar-refractivity contribution >= 4 is 21.9 Å². The number of carbonyl (C=O) groups is 1. The molecule has 1 saturated heterocycles. The fraction of sp³-hybridized carbons (Fsp3) is 0.417. The van der Waals surface area contributed by atoms with Crippen LogP contribution in [-0.4, -0.2) is 24.2 Å². The van der Waals surface area contributed by atoms with Crippen molar-refractivity contribution in [2.24, 2.45) is 5.92 Å². The summed E-state index contributed by atoms with van der Waals surface area (Å²) in [6.45, 7) is 3.31. The number of hydrogen-bond donors (Lipinski definition) is 2. The van der Waals surface area contributed by atoms with Gasteiger partial charge in [0.05, 0.1) is 5.92 Å². The van der Waals surface area contributed by atoms with Gasteiger partial charge < -0.3 is 10.4 Å². The number of aryl methyl sites for hydroxylation is 1. The third-order valence-corrected chi connectivity index (χ3v) is 3.80. The summed E-state index contributed by atoms with van der Waals surface area (Å²) in [7, 11) is 0. The lowest BCUT2D eigenvalue weighted by Crippen LogP contribution is -2.21. The highest BCUT2D eigenvalue weighted by atomic mass is 79.9. The fourth-order valence-corrected chi connectivity index (χ4v) is 2.75. The Morgan fingerprint density at radius 3 is 2.94 bits per heavy atom. The van der Waals surface area contributed by atoms with E-state index in [-0.39, 0.29) is 11.8 Å². The molecule has 16 heavy (non-hydrogen) atoms. The first-order valence-corrected chi connectivity index (χ1v) is 6.08. The van der Waals surface area contributed by atoms with Crippen molar-refractivity contribution in [3.8, 4) is 0 Å². The Morgan fingerprint density at radius 2 is 2.25 bits per heavy atom. The van der Waals surface area contributed by atoms with Crippen LogP contribution in [0.15, 0.2) is 22.7 Å². The van der Waals surface area contributed by atoms with Gasteiger partial charge in [-0.2, -0.15) is 0 Å². The molecule has 1 aromatic rings. The van der Waals surface area contributed by atoms with Gasteiger partial charge in [0.2, 0.25) is 0 Å². The third-order valence-electron chi connectivity index (χ3n) is 3.08. The average molecular weight is 284 g/mol. The average Bonchev–Trinajstić information content (AvgIpc) is 2.70. The molecule has 1 fully saturated rings. The van der Waals surface area contributed by atoms with E-state index in [2.05, 4.69) is 27.3 Å². The second kappa shape index (κ2) is 4.55. The van der Waals surface area contributed by atoms with E-state index >= 15 is 0 Å². The SMILES string of the molecule is Cc1ccc(Br)c(C2CNCC2C(=O)O)c1. The lowest BCUT2D eigenvalue weighted by atomic mass is 9.88. The number of carboxylic acids is 1. The zero-order valence-corrected chi connectivity index (χ0v) is 10.6. The number of rotatable bonds is 2. The van der Waals surface area contributed by atoms with E-state index in [9.17, 15) is 4.79 Å². The van der Waals surface area contributed by atoms with Gasteiger partial charge in [-0.05, 0) is 18.6 Å². The Hall–Kier alpha value is -0.870. The monoisotopic (exact) mass is 283 g/mol. The molecule has 2 atom stereocenters. The van der Waals surface area contributed by atoms with Gasteiger partial charge >= 0.3 is 5.97 Å². The summed E-state index contributed by atoms with van der Waals surface area (Å²) in [6.07, 6.45) is 0. The van der Waals surface area contributed by atoms with Crippen LogP contribution in [0.2, 0.25) is 0 Å². The van der Waals surface area contributed by atoms with Crippen molar-refractivity contribution in [1.29, 1.82) is 0 Å². The molecule has 1 aromatic carbocycles. The van der Waals surface area contributed by atoms with Crippen LogP contribution in [-0.2, 0) is 4.79 Å². The van der Waals surface area contributed by atoms with E-state index < -0.39 is 5.97 Å².